The largest absolute Gasteiger partial charge is 0.495 e. The Hall–Kier alpha value is -1.51. The zero-order valence-electron chi connectivity index (χ0n) is 10.6. The van der Waals surface area contributed by atoms with Gasteiger partial charge in [0.15, 0.2) is 0 Å². The minimum absolute atomic E-state index is 0.141. The van der Waals surface area contributed by atoms with Gasteiger partial charge in [0.1, 0.15) is 11.5 Å². The highest BCUT2D eigenvalue weighted by Gasteiger charge is 2.11. The van der Waals surface area contributed by atoms with Crippen molar-refractivity contribution < 1.29 is 9.53 Å². The van der Waals surface area contributed by atoms with Crippen LogP contribution in [0.5, 0.6) is 5.75 Å². The van der Waals surface area contributed by atoms with Crippen molar-refractivity contribution in [3.05, 3.63) is 23.3 Å². The van der Waals surface area contributed by atoms with Crippen molar-refractivity contribution in [3.8, 4) is 5.75 Å². The number of hydrogen-bond donors (Lipinski definition) is 0. The molecule has 0 bridgehead atoms. The highest BCUT2D eigenvalue weighted by Crippen LogP contribution is 2.30. The fraction of sp³-hybridized carbons (Fsp3) is 0.462. The van der Waals surface area contributed by atoms with E-state index in [-0.39, 0.29) is 5.78 Å². The number of carbonyl (C=O) groups excluding carboxylic acids is 1. The Morgan fingerprint density at radius 3 is 2.38 bits per heavy atom. The normalized spacial score (nSPS) is 10.1. The molecule has 0 heterocycles. The van der Waals surface area contributed by atoms with Gasteiger partial charge in [0.05, 0.1) is 19.3 Å². The zero-order valence-corrected chi connectivity index (χ0v) is 10.6. The third kappa shape index (κ3) is 2.75. The second-order valence-corrected chi connectivity index (χ2v) is 4.17. The van der Waals surface area contributed by atoms with E-state index in [0.29, 0.717) is 6.54 Å². The maximum absolute atomic E-state index is 11.1. The Kier molecular flexibility index (Phi) is 3.93. The minimum atomic E-state index is 0.141. The molecule has 0 aliphatic rings. The molecule has 3 nitrogen and oxygen atoms in total. The van der Waals surface area contributed by atoms with Crippen LogP contribution in [0.15, 0.2) is 12.1 Å². The summed E-state index contributed by atoms with van der Waals surface area (Å²) in [6.07, 6.45) is 0. The van der Waals surface area contributed by atoms with E-state index in [1.807, 2.05) is 24.9 Å². The van der Waals surface area contributed by atoms with Crippen LogP contribution in [0, 0.1) is 13.8 Å². The average molecular weight is 221 g/mol. The van der Waals surface area contributed by atoms with Crippen LogP contribution in [0.4, 0.5) is 5.69 Å². The Labute approximate surface area is 97.0 Å². The molecule has 1 aromatic carbocycles. The molecule has 0 amide bonds. The van der Waals surface area contributed by atoms with Crippen molar-refractivity contribution in [2.75, 3.05) is 25.6 Å². The van der Waals surface area contributed by atoms with Gasteiger partial charge >= 0.3 is 0 Å². The fourth-order valence-electron chi connectivity index (χ4n) is 1.66. The summed E-state index contributed by atoms with van der Waals surface area (Å²) in [5, 5.41) is 0. The molecule has 16 heavy (non-hydrogen) atoms. The third-order valence-electron chi connectivity index (χ3n) is 2.67. The van der Waals surface area contributed by atoms with Crippen LogP contribution in [-0.4, -0.2) is 26.5 Å². The third-order valence-corrected chi connectivity index (χ3v) is 2.67. The molecular weight excluding hydrogens is 202 g/mol. The standard InChI is InChI=1S/C13H19NO2/c1-9-6-12(14(4)8-11(3)15)13(16-5)7-10(9)2/h6-7H,8H2,1-5H3. The smallest absolute Gasteiger partial charge is 0.149 e. The summed E-state index contributed by atoms with van der Waals surface area (Å²) in [5.41, 5.74) is 3.35. The quantitative estimate of drug-likeness (QED) is 0.781. The van der Waals surface area contributed by atoms with Crippen LogP contribution in [0.25, 0.3) is 0 Å². The number of ketones is 1. The van der Waals surface area contributed by atoms with Gasteiger partial charge in [-0.3, -0.25) is 4.79 Å². The number of Topliss-reactive ketones (excluding diaryl/α,β-unsaturated/α-hetero) is 1. The highest BCUT2D eigenvalue weighted by atomic mass is 16.5. The van der Waals surface area contributed by atoms with Gasteiger partial charge in [0.25, 0.3) is 0 Å². The highest BCUT2D eigenvalue weighted by molar-refractivity contribution is 5.81. The van der Waals surface area contributed by atoms with Crippen LogP contribution < -0.4 is 9.64 Å². The summed E-state index contributed by atoms with van der Waals surface area (Å²) in [4.78, 5) is 13.0. The lowest BCUT2D eigenvalue weighted by molar-refractivity contribution is -0.115. The second-order valence-electron chi connectivity index (χ2n) is 4.17. The maximum Gasteiger partial charge on any atom is 0.149 e. The Bertz CT molecular complexity index is 399. The number of aryl methyl sites for hydroxylation is 2. The summed E-state index contributed by atoms with van der Waals surface area (Å²) in [6.45, 7) is 6.09. The van der Waals surface area contributed by atoms with Crippen molar-refractivity contribution >= 4 is 11.5 Å². The first kappa shape index (κ1) is 12.6. The van der Waals surface area contributed by atoms with Crippen LogP contribution in [0.2, 0.25) is 0 Å². The van der Waals surface area contributed by atoms with Crippen molar-refractivity contribution in [2.24, 2.45) is 0 Å². The predicted octanol–water partition coefficient (Wildman–Crippen LogP) is 2.34. The number of nitrogens with zero attached hydrogens (tertiary/aromatic N) is 1. The van der Waals surface area contributed by atoms with E-state index >= 15 is 0 Å². The van der Waals surface area contributed by atoms with E-state index in [1.165, 1.54) is 11.1 Å². The van der Waals surface area contributed by atoms with Crippen LogP contribution in [-0.2, 0) is 4.79 Å². The number of ether oxygens (including phenoxy) is 1. The van der Waals surface area contributed by atoms with E-state index in [0.717, 1.165) is 11.4 Å². The summed E-state index contributed by atoms with van der Waals surface area (Å²) < 4.78 is 5.33. The molecule has 88 valence electrons. The number of anilines is 1. The molecule has 0 aliphatic carbocycles. The van der Waals surface area contributed by atoms with Gasteiger partial charge in [0.2, 0.25) is 0 Å². The summed E-state index contributed by atoms with van der Waals surface area (Å²) in [7, 11) is 3.54. The number of rotatable bonds is 4. The van der Waals surface area contributed by atoms with Crippen molar-refractivity contribution in [2.45, 2.75) is 20.8 Å². The first-order chi connectivity index (χ1) is 7.45. The van der Waals surface area contributed by atoms with Crippen molar-refractivity contribution in [1.82, 2.24) is 0 Å². The first-order valence-corrected chi connectivity index (χ1v) is 5.31. The number of carbonyl (C=O) groups is 1. The lowest BCUT2D eigenvalue weighted by Gasteiger charge is -2.21. The van der Waals surface area contributed by atoms with Gasteiger partial charge in [-0.25, -0.2) is 0 Å². The number of benzene rings is 1. The molecule has 0 saturated heterocycles. The molecule has 0 N–H and O–H groups in total. The molecule has 0 aromatic heterocycles. The van der Waals surface area contributed by atoms with Crippen LogP contribution in [0.1, 0.15) is 18.1 Å². The summed E-state index contributed by atoms with van der Waals surface area (Å²) in [5.74, 6) is 0.953. The van der Waals surface area contributed by atoms with Crippen LogP contribution in [0.3, 0.4) is 0 Å². The lowest BCUT2D eigenvalue weighted by atomic mass is 10.1. The molecule has 0 atom stereocenters. The summed E-state index contributed by atoms with van der Waals surface area (Å²) >= 11 is 0. The molecule has 3 heteroatoms. The molecule has 1 aromatic rings. The molecular formula is C13H19NO2. The monoisotopic (exact) mass is 221 g/mol. The Balaban J connectivity index is 3.10. The van der Waals surface area contributed by atoms with Crippen molar-refractivity contribution in [1.29, 1.82) is 0 Å². The Morgan fingerprint density at radius 2 is 1.88 bits per heavy atom. The molecule has 0 spiro atoms. The topological polar surface area (TPSA) is 29.5 Å². The van der Waals surface area contributed by atoms with Gasteiger partial charge in [0, 0.05) is 7.05 Å². The Morgan fingerprint density at radius 1 is 1.31 bits per heavy atom. The van der Waals surface area contributed by atoms with Gasteiger partial charge in [-0.05, 0) is 44.0 Å². The van der Waals surface area contributed by atoms with Crippen LogP contribution >= 0.6 is 0 Å². The predicted molar refractivity (Wildman–Crippen MR) is 66.4 cm³/mol. The minimum Gasteiger partial charge on any atom is -0.495 e. The number of methoxy groups -OCH3 is 1. The molecule has 1 rings (SSSR count). The van der Waals surface area contributed by atoms with E-state index < -0.39 is 0 Å². The zero-order chi connectivity index (χ0) is 12.3. The summed E-state index contributed by atoms with van der Waals surface area (Å²) in [6, 6.07) is 4.05. The fourth-order valence-corrected chi connectivity index (χ4v) is 1.66. The van der Waals surface area contributed by atoms with Gasteiger partial charge < -0.3 is 9.64 Å². The number of likely N-dealkylation sites (N-methyl/N-ethyl adjacent to an activating group) is 1. The van der Waals surface area contributed by atoms with E-state index in [1.54, 1.807) is 14.0 Å². The molecule has 0 radical (unpaired) electrons. The van der Waals surface area contributed by atoms with Gasteiger partial charge in [-0.15, -0.1) is 0 Å². The maximum atomic E-state index is 11.1. The first-order valence-electron chi connectivity index (χ1n) is 5.31. The van der Waals surface area contributed by atoms with Gasteiger partial charge in [-0.2, -0.15) is 0 Å². The molecule has 0 fully saturated rings. The van der Waals surface area contributed by atoms with E-state index in [4.69, 9.17) is 4.74 Å². The van der Waals surface area contributed by atoms with E-state index in [9.17, 15) is 4.79 Å². The van der Waals surface area contributed by atoms with Gasteiger partial charge in [-0.1, -0.05) is 0 Å². The molecule has 0 aliphatic heterocycles. The number of hydrogen-bond acceptors (Lipinski definition) is 3. The second kappa shape index (κ2) is 5.01. The molecule has 0 unspecified atom stereocenters. The van der Waals surface area contributed by atoms with Crippen molar-refractivity contribution in [3.63, 3.8) is 0 Å². The average Bonchev–Trinajstić information content (AvgIpc) is 2.20. The van der Waals surface area contributed by atoms with E-state index in [2.05, 4.69) is 13.0 Å². The SMILES string of the molecule is COc1cc(C)c(C)cc1N(C)CC(C)=O. The lowest BCUT2D eigenvalue weighted by Crippen LogP contribution is -2.24. The molecule has 0 saturated carbocycles.